The van der Waals surface area contributed by atoms with Crippen LogP contribution in [0.3, 0.4) is 0 Å². The molecule has 1 amide bonds. The predicted molar refractivity (Wildman–Crippen MR) is 76.8 cm³/mol. The van der Waals surface area contributed by atoms with Crippen molar-refractivity contribution in [3.63, 3.8) is 0 Å². The van der Waals surface area contributed by atoms with Gasteiger partial charge in [0, 0.05) is 12.7 Å². The second-order valence-electron chi connectivity index (χ2n) is 4.91. The number of para-hydroxylation sites is 1. The van der Waals surface area contributed by atoms with Crippen LogP contribution in [0.15, 0.2) is 42.6 Å². The standard InChI is InChI=1S/C15H15N3O4/c19-14(17-8-9-22-10-13(17)15(20)21)12-6-7-18(16-12)11-4-2-1-3-5-11/h1-7,13H,8-10H2,(H,20,21). The predicted octanol–water partition coefficient (Wildman–Crippen LogP) is 0.798. The summed E-state index contributed by atoms with van der Waals surface area (Å²) in [5, 5.41) is 13.4. The van der Waals surface area contributed by atoms with E-state index < -0.39 is 17.9 Å². The van der Waals surface area contributed by atoms with Crippen LogP contribution in [-0.4, -0.2) is 57.5 Å². The Morgan fingerprint density at radius 3 is 2.73 bits per heavy atom. The molecule has 0 spiro atoms. The number of hydrogen-bond acceptors (Lipinski definition) is 4. The Balaban J connectivity index is 1.83. The first kappa shape index (κ1) is 14.3. The summed E-state index contributed by atoms with van der Waals surface area (Å²) in [7, 11) is 0. The minimum absolute atomic E-state index is 0.000463. The van der Waals surface area contributed by atoms with Gasteiger partial charge in [-0.1, -0.05) is 18.2 Å². The number of morpholine rings is 1. The summed E-state index contributed by atoms with van der Waals surface area (Å²) in [5.74, 6) is -1.47. The van der Waals surface area contributed by atoms with Crippen molar-refractivity contribution in [3.05, 3.63) is 48.3 Å². The minimum atomic E-state index is -1.07. The summed E-state index contributed by atoms with van der Waals surface area (Å²) in [5.41, 5.74) is 1.05. The first-order valence-electron chi connectivity index (χ1n) is 6.89. The molecule has 1 saturated heterocycles. The third-order valence-corrected chi connectivity index (χ3v) is 3.50. The van der Waals surface area contributed by atoms with Crippen molar-refractivity contribution in [3.8, 4) is 5.69 Å². The zero-order valence-corrected chi connectivity index (χ0v) is 11.8. The number of carboxylic acids is 1. The van der Waals surface area contributed by atoms with E-state index in [1.165, 1.54) is 4.90 Å². The number of carboxylic acid groups (broad SMARTS) is 1. The zero-order valence-electron chi connectivity index (χ0n) is 11.8. The molecular formula is C15H15N3O4. The number of hydrogen-bond donors (Lipinski definition) is 1. The van der Waals surface area contributed by atoms with Crippen molar-refractivity contribution in [2.45, 2.75) is 6.04 Å². The Morgan fingerprint density at radius 2 is 2.00 bits per heavy atom. The van der Waals surface area contributed by atoms with E-state index in [-0.39, 0.29) is 18.8 Å². The molecule has 1 aromatic heterocycles. The molecule has 3 rings (SSSR count). The van der Waals surface area contributed by atoms with Crippen molar-refractivity contribution in [1.82, 2.24) is 14.7 Å². The van der Waals surface area contributed by atoms with E-state index in [0.29, 0.717) is 6.61 Å². The van der Waals surface area contributed by atoms with Crippen molar-refractivity contribution in [2.24, 2.45) is 0 Å². The number of amides is 1. The van der Waals surface area contributed by atoms with Gasteiger partial charge in [0.15, 0.2) is 11.7 Å². The lowest BCUT2D eigenvalue weighted by atomic mass is 10.2. The molecule has 1 atom stereocenters. The zero-order chi connectivity index (χ0) is 15.5. The number of benzene rings is 1. The average molecular weight is 301 g/mol. The van der Waals surface area contributed by atoms with Gasteiger partial charge in [-0.15, -0.1) is 0 Å². The van der Waals surface area contributed by atoms with E-state index in [1.54, 1.807) is 16.9 Å². The number of rotatable bonds is 3. The Labute approximate surface area is 126 Å². The maximum atomic E-state index is 12.5. The molecular weight excluding hydrogens is 286 g/mol. The summed E-state index contributed by atoms with van der Waals surface area (Å²) in [4.78, 5) is 25.0. The topological polar surface area (TPSA) is 84.7 Å². The van der Waals surface area contributed by atoms with Gasteiger partial charge in [-0.2, -0.15) is 5.10 Å². The molecule has 2 aromatic rings. The summed E-state index contributed by atoms with van der Waals surface area (Å²) in [6.07, 6.45) is 1.68. The summed E-state index contributed by atoms with van der Waals surface area (Å²) in [6.45, 7) is 0.573. The van der Waals surface area contributed by atoms with Crippen LogP contribution in [0, 0.1) is 0 Å². The van der Waals surface area contributed by atoms with Crippen LogP contribution in [0.2, 0.25) is 0 Å². The number of nitrogens with zero attached hydrogens (tertiary/aromatic N) is 3. The number of ether oxygens (including phenoxy) is 1. The average Bonchev–Trinajstić information content (AvgIpc) is 3.05. The number of aliphatic carboxylic acids is 1. The Hall–Kier alpha value is -2.67. The number of aromatic nitrogens is 2. The fourth-order valence-corrected chi connectivity index (χ4v) is 2.36. The third kappa shape index (κ3) is 2.71. The van der Waals surface area contributed by atoms with Gasteiger partial charge in [-0.25, -0.2) is 9.48 Å². The van der Waals surface area contributed by atoms with Gasteiger partial charge in [-0.05, 0) is 18.2 Å². The van der Waals surface area contributed by atoms with Gasteiger partial charge >= 0.3 is 5.97 Å². The lowest BCUT2D eigenvalue weighted by Crippen LogP contribution is -2.52. The lowest BCUT2D eigenvalue weighted by molar-refractivity contribution is -0.147. The fourth-order valence-electron chi connectivity index (χ4n) is 2.36. The Kier molecular flexibility index (Phi) is 3.88. The monoisotopic (exact) mass is 301 g/mol. The molecule has 1 unspecified atom stereocenters. The van der Waals surface area contributed by atoms with Crippen molar-refractivity contribution >= 4 is 11.9 Å². The van der Waals surface area contributed by atoms with Gasteiger partial charge in [0.05, 0.1) is 18.9 Å². The van der Waals surface area contributed by atoms with Crippen LogP contribution in [0.1, 0.15) is 10.5 Å². The molecule has 2 heterocycles. The molecule has 0 saturated carbocycles. The SMILES string of the molecule is O=C(O)C1COCCN1C(=O)c1ccn(-c2ccccc2)n1. The number of carbonyl (C=O) groups is 2. The molecule has 1 N–H and O–H groups in total. The van der Waals surface area contributed by atoms with E-state index in [0.717, 1.165) is 5.69 Å². The first-order chi connectivity index (χ1) is 10.7. The Morgan fingerprint density at radius 1 is 1.23 bits per heavy atom. The van der Waals surface area contributed by atoms with Crippen LogP contribution in [-0.2, 0) is 9.53 Å². The van der Waals surface area contributed by atoms with Gasteiger partial charge in [0.2, 0.25) is 0 Å². The molecule has 1 aliphatic heterocycles. The first-order valence-corrected chi connectivity index (χ1v) is 6.89. The van der Waals surface area contributed by atoms with Crippen molar-refractivity contribution in [2.75, 3.05) is 19.8 Å². The van der Waals surface area contributed by atoms with Gasteiger partial charge in [0.25, 0.3) is 5.91 Å². The van der Waals surface area contributed by atoms with Crippen LogP contribution >= 0.6 is 0 Å². The molecule has 0 aliphatic carbocycles. The van der Waals surface area contributed by atoms with Gasteiger partial charge < -0.3 is 14.7 Å². The molecule has 0 bridgehead atoms. The second kappa shape index (κ2) is 5.98. The highest BCUT2D eigenvalue weighted by Crippen LogP contribution is 2.13. The van der Waals surface area contributed by atoms with E-state index >= 15 is 0 Å². The summed E-state index contributed by atoms with van der Waals surface area (Å²) < 4.78 is 6.72. The lowest BCUT2D eigenvalue weighted by Gasteiger charge is -2.32. The highest BCUT2D eigenvalue weighted by atomic mass is 16.5. The highest BCUT2D eigenvalue weighted by molar-refractivity contribution is 5.95. The van der Waals surface area contributed by atoms with Gasteiger partial charge in [-0.3, -0.25) is 4.79 Å². The molecule has 114 valence electrons. The molecule has 1 fully saturated rings. The maximum Gasteiger partial charge on any atom is 0.328 e. The second-order valence-corrected chi connectivity index (χ2v) is 4.91. The van der Waals surface area contributed by atoms with Crippen LogP contribution in [0.25, 0.3) is 5.69 Å². The fraction of sp³-hybridized carbons (Fsp3) is 0.267. The minimum Gasteiger partial charge on any atom is -0.480 e. The molecule has 1 aliphatic rings. The van der Waals surface area contributed by atoms with Crippen LogP contribution in [0.5, 0.6) is 0 Å². The van der Waals surface area contributed by atoms with Crippen LogP contribution in [0.4, 0.5) is 0 Å². The quantitative estimate of drug-likeness (QED) is 0.906. The third-order valence-electron chi connectivity index (χ3n) is 3.50. The molecule has 0 radical (unpaired) electrons. The van der Waals surface area contributed by atoms with E-state index in [2.05, 4.69) is 5.10 Å². The van der Waals surface area contributed by atoms with Gasteiger partial charge in [0.1, 0.15) is 0 Å². The molecule has 22 heavy (non-hydrogen) atoms. The number of carbonyl (C=O) groups excluding carboxylic acids is 1. The molecule has 1 aromatic carbocycles. The van der Waals surface area contributed by atoms with Crippen LogP contribution < -0.4 is 0 Å². The molecule has 7 nitrogen and oxygen atoms in total. The highest BCUT2D eigenvalue weighted by Gasteiger charge is 2.34. The van der Waals surface area contributed by atoms with E-state index in [9.17, 15) is 14.7 Å². The van der Waals surface area contributed by atoms with E-state index in [4.69, 9.17) is 4.74 Å². The van der Waals surface area contributed by atoms with E-state index in [1.807, 2.05) is 30.3 Å². The smallest absolute Gasteiger partial charge is 0.328 e. The molecule has 7 heteroatoms. The summed E-state index contributed by atoms with van der Waals surface area (Å²) >= 11 is 0. The maximum absolute atomic E-state index is 12.5. The normalized spacial score (nSPS) is 18.2. The van der Waals surface area contributed by atoms with Crippen molar-refractivity contribution < 1.29 is 19.4 Å². The van der Waals surface area contributed by atoms with Crippen molar-refractivity contribution in [1.29, 1.82) is 0 Å². The Bertz CT molecular complexity index is 683. The summed E-state index contributed by atoms with van der Waals surface area (Å²) in [6, 6.07) is 10.0. The largest absolute Gasteiger partial charge is 0.480 e.